The van der Waals surface area contributed by atoms with Crippen molar-refractivity contribution >= 4 is 34.8 Å². The molecule has 1 aromatic carbocycles. The number of carbonyl (C=O) groups is 3. The van der Waals surface area contributed by atoms with Gasteiger partial charge in [0.25, 0.3) is 11.8 Å². The zero-order chi connectivity index (χ0) is 17.2. The van der Waals surface area contributed by atoms with E-state index < -0.39 is 23.3 Å². The molecule has 1 saturated heterocycles. The third-order valence-electron chi connectivity index (χ3n) is 3.94. The zero-order valence-electron chi connectivity index (χ0n) is 12.9. The molecule has 0 saturated carbocycles. The van der Waals surface area contributed by atoms with Crippen molar-refractivity contribution in [2.75, 3.05) is 12.9 Å². The van der Waals surface area contributed by atoms with E-state index in [1.807, 2.05) is 0 Å². The molecule has 0 radical (unpaired) electrons. The number of thioether (sulfide) groups is 1. The Morgan fingerprint density at radius 3 is 2.35 bits per heavy atom. The number of amidine groups is 1. The van der Waals surface area contributed by atoms with Gasteiger partial charge in [0.05, 0.1) is 5.88 Å². The number of benzene rings is 1. The Labute approximate surface area is 138 Å². The summed E-state index contributed by atoms with van der Waals surface area (Å²) in [6.45, 7) is 1.74. The average molecular weight is 334 g/mol. The van der Waals surface area contributed by atoms with E-state index in [2.05, 4.69) is 0 Å². The van der Waals surface area contributed by atoms with E-state index in [4.69, 9.17) is 11.1 Å². The van der Waals surface area contributed by atoms with Gasteiger partial charge >= 0.3 is 6.03 Å². The Morgan fingerprint density at radius 2 is 1.83 bits per heavy atom. The second-order valence-electron chi connectivity index (χ2n) is 5.14. The van der Waals surface area contributed by atoms with Crippen LogP contribution in [0.2, 0.25) is 0 Å². The summed E-state index contributed by atoms with van der Waals surface area (Å²) in [7, 11) is 1.36. The molecular formula is C15H18N4O3S. The van der Waals surface area contributed by atoms with Crippen LogP contribution in [0.1, 0.15) is 18.9 Å². The second-order valence-corrected chi connectivity index (χ2v) is 6.13. The van der Waals surface area contributed by atoms with Crippen molar-refractivity contribution in [3.8, 4) is 0 Å². The lowest BCUT2D eigenvalue weighted by molar-refractivity contribution is -0.151. The van der Waals surface area contributed by atoms with Crippen LogP contribution < -0.4 is 5.73 Å². The molecule has 23 heavy (non-hydrogen) atoms. The first-order valence-electron chi connectivity index (χ1n) is 7.02. The molecule has 1 unspecified atom stereocenters. The topological polar surface area (TPSA) is 108 Å². The predicted octanol–water partition coefficient (Wildman–Crippen LogP) is 1.34. The molecule has 1 fully saturated rings. The molecule has 1 aliphatic heterocycles. The first-order valence-corrected chi connectivity index (χ1v) is 8.01. The fourth-order valence-corrected chi connectivity index (χ4v) is 3.18. The van der Waals surface area contributed by atoms with Gasteiger partial charge in [-0.2, -0.15) is 0 Å². The molecular weight excluding hydrogens is 316 g/mol. The quantitative estimate of drug-likeness (QED) is 0.491. The van der Waals surface area contributed by atoms with E-state index in [-0.39, 0.29) is 17.5 Å². The summed E-state index contributed by atoms with van der Waals surface area (Å²) in [5.41, 5.74) is 4.41. The number of hydrogen-bond acceptors (Lipinski definition) is 5. The van der Waals surface area contributed by atoms with Crippen LogP contribution in [0.4, 0.5) is 4.79 Å². The summed E-state index contributed by atoms with van der Waals surface area (Å²) in [5.74, 6) is -1.21. The molecule has 0 aliphatic carbocycles. The van der Waals surface area contributed by atoms with Gasteiger partial charge in [-0.15, -0.1) is 0 Å². The fourth-order valence-electron chi connectivity index (χ4n) is 2.69. The van der Waals surface area contributed by atoms with Crippen molar-refractivity contribution in [2.24, 2.45) is 5.73 Å². The maximum Gasteiger partial charge on any atom is 0.333 e. The van der Waals surface area contributed by atoms with E-state index in [0.29, 0.717) is 5.56 Å². The van der Waals surface area contributed by atoms with Crippen LogP contribution in [0.15, 0.2) is 30.3 Å². The Hall–Kier alpha value is -2.35. The standard InChI is InChI=1S/C15H18N4O3S/c1-3-15(10-7-5-4-6-8-10)11(20)18(2)14(22)19(12(15)21)9-23-13(16)17/h4-8H,3,9H2,1-2H3,(H3,16,17). The number of amides is 4. The number of nitrogens with one attached hydrogen (secondary N) is 1. The molecule has 4 amide bonds. The highest BCUT2D eigenvalue weighted by atomic mass is 32.2. The van der Waals surface area contributed by atoms with Crippen molar-refractivity contribution < 1.29 is 14.4 Å². The van der Waals surface area contributed by atoms with Crippen LogP contribution in [0.25, 0.3) is 0 Å². The molecule has 1 heterocycles. The van der Waals surface area contributed by atoms with E-state index in [0.717, 1.165) is 21.6 Å². The fraction of sp³-hybridized carbons (Fsp3) is 0.333. The monoisotopic (exact) mass is 334 g/mol. The summed E-state index contributed by atoms with van der Waals surface area (Å²) in [4.78, 5) is 40.0. The van der Waals surface area contributed by atoms with Crippen molar-refractivity contribution in [2.45, 2.75) is 18.8 Å². The SMILES string of the molecule is CCC1(c2ccccc2)C(=O)N(C)C(=O)N(CSC(=N)N)C1=O. The Balaban J connectivity index is 2.52. The molecule has 1 atom stereocenters. The number of hydrogen-bond donors (Lipinski definition) is 2. The first kappa shape index (κ1) is 17.0. The summed E-state index contributed by atoms with van der Waals surface area (Å²) in [5, 5.41) is 7.05. The normalized spacial score (nSPS) is 21.7. The molecule has 0 spiro atoms. The van der Waals surface area contributed by atoms with Crippen LogP contribution in [0, 0.1) is 5.41 Å². The third kappa shape index (κ3) is 2.70. The number of nitrogens with two attached hydrogens (primary N) is 1. The average Bonchev–Trinajstić information content (AvgIpc) is 2.54. The maximum absolute atomic E-state index is 13.0. The minimum atomic E-state index is -1.43. The first-order chi connectivity index (χ1) is 10.9. The number of barbiturate groups is 1. The molecule has 0 aromatic heterocycles. The lowest BCUT2D eigenvalue weighted by Crippen LogP contribution is -2.66. The van der Waals surface area contributed by atoms with E-state index in [9.17, 15) is 14.4 Å². The van der Waals surface area contributed by atoms with Gasteiger partial charge in [0, 0.05) is 7.05 Å². The van der Waals surface area contributed by atoms with Crippen molar-refractivity contribution in [3.63, 3.8) is 0 Å². The highest BCUT2D eigenvalue weighted by Gasteiger charge is 2.56. The van der Waals surface area contributed by atoms with Crippen LogP contribution >= 0.6 is 11.8 Å². The van der Waals surface area contributed by atoms with Crippen LogP contribution in [-0.4, -0.2) is 45.7 Å². The van der Waals surface area contributed by atoms with Crippen LogP contribution in [-0.2, 0) is 15.0 Å². The molecule has 2 rings (SSSR count). The van der Waals surface area contributed by atoms with Gasteiger partial charge in [0.15, 0.2) is 10.6 Å². The lowest BCUT2D eigenvalue weighted by atomic mass is 9.74. The van der Waals surface area contributed by atoms with E-state index in [1.165, 1.54) is 7.05 Å². The van der Waals surface area contributed by atoms with Gasteiger partial charge in [-0.25, -0.2) is 4.79 Å². The summed E-state index contributed by atoms with van der Waals surface area (Å²) in [6, 6.07) is 8.01. The van der Waals surface area contributed by atoms with Crippen molar-refractivity contribution in [3.05, 3.63) is 35.9 Å². The number of urea groups is 1. The van der Waals surface area contributed by atoms with E-state index in [1.54, 1.807) is 37.3 Å². The minimum Gasteiger partial charge on any atom is -0.379 e. The van der Waals surface area contributed by atoms with Gasteiger partial charge in [-0.3, -0.25) is 24.8 Å². The van der Waals surface area contributed by atoms with Gasteiger partial charge in [0.1, 0.15) is 0 Å². The molecule has 122 valence electrons. The smallest absolute Gasteiger partial charge is 0.333 e. The van der Waals surface area contributed by atoms with Crippen molar-refractivity contribution in [1.82, 2.24) is 9.80 Å². The molecule has 7 nitrogen and oxygen atoms in total. The number of imide groups is 2. The molecule has 8 heteroatoms. The highest BCUT2D eigenvalue weighted by molar-refractivity contribution is 8.13. The summed E-state index contributed by atoms with van der Waals surface area (Å²) >= 11 is 0.862. The number of carbonyl (C=O) groups excluding carboxylic acids is 3. The molecule has 1 aromatic rings. The van der Waals surface area contributed by atoms with Gasteiger partial charge in [-0.1, -0.05) is 49.0 Å². The molecule has 0 bridgehead atoms. The Bertz CT molecular complexity index is 664. The van der Waals surface area contributed by atoms with E-state index >= 15 is 0 Å². The number of nitrogens with zero attached hydrogens (tertiary/aromatic N) is 2. The summed E-state index contributed by atoms with van der Waals surface area (Å²) < 4.78 is 0. The minimum absolute atomic E-state index is 0.0980. The second kappa shape index (κ2) is 6.41. The lowest BCUT2D eigenvalue weighted by Gasteiger charge is -2.42. The highest BCUT2D eigenvalue weighted by Crippen LogP contribution is 2.36. The van der Waals surface area contributed by atoms with Crippen LogP contribution in [0.5, 0.6) is 0 Å². The summed E-state index contributed by atoms with van der Waals surface area (Å²) in [6.07, 6.45) is 0.230. The van der Waals surface area contributed by atoms with Crippen LogP contribution in [0.3, 0.4) is 0 Å². The van der Waals surface area contributed by atoms with Crippen molar-refractivity contribution in [1.29, 1.82) is 5.41 Å². The Kier molecular flexibility index (Phi) is 4.74. The van der Waals surface area contributed by atoms with Gasteiger partial charge in [0.2, 0.25) is 0 Å². The molecule has 1 aliphatic rings. The molecule has 3 N–H and O–H groups in total. The third-order valence-corrected chi connectivity index (χ3v) is 4.64. The van der Waals surface area contributed by atoms with Gasteiger partial charge in [-0.05, 0) is 12.0 Å². The predicted molar refractivity (Wildman–Crippen MR) is 87.8 cm³/mol. The number of rotatable bonds is 4. The largest absolute Gasteiger partial charge is 0.379 e. The zero-order valence-corrected chi connectivity index (χ0v) is 13.7. The number of likely N-dealkylation sites (N-methyl/N-ethyl adjacent to an activating group) is 1. The Morgan fingerprint density at radius 1 is 1.22 bits per heavy atom. The maximum atomic E-state index is 13.0. The van der Waals surface area contributed by atoms with Gasteiger partial charge < -0.3 is 5.73 Å².